The SMILES string of the molecule is CCCCCCCCCCCCCCC(C)OC(C)C([N+](C)(C)C)[N+](C)(C)C. The van der Waals surface area contributed by atoms with Crippen LogP contribution in [0.5, 0.6) is 0 Å². The zero-order valence-electron chi connectivity index (χ0n) is 21.2. The fourth-order valence-corrected chi connectivity index (χ4v) is 5.08. The summed E-state index contributed by atoms with van der Waals surface area (Å²) in [7, 11) is 13.7. The molecular formula is C25H56N2O+2. The van der Waals surface area contributed by atoms with Gasteiger partial charge in [-0.2, -0.15) is 0 Å². The van der Waals surface area contributed by atoms with Crippen LogP contribution in [0, 0.1) is 0 Å². The second-order valence-electron chi connectivity index (χ2n) is 11.0. The number of unbranched alkanes of at least 4 members (excludes halogenated alkanes) is 11. The highest BCUT2D eigenvalue weighted by molar-refractivity contribution is 4.61. The van der Waals surface area contributed by atoms with Gasteiger partial charge in [-0.25, -0.2) is 0 Å². The first-order chi connectivity index (χ1) is 13.0. The number of nitrogens with zero attached hydrogens (tertiary/aromatic N) is 2. The highest BCUT2D eigenvalue weighted by Gasteiger charge is 2.42. The Hall–Kier alpha value is -0.120. The van der Waals surface area contributed by atoms with E-state index in [9.17, 15) is 0 Å². The number of ether oxygens (including phenoxy) is 1. The van der Waals surface area contributed by atoms with Crippen LogP contribution in [0.25, 0.3) is 0 Å². The Labute approximate surface area is 179 Å². The number of hydrogen-bond acceptors (Lipinski definition) is 1. The molecule has 3 nitrogen and oxygen atoms in total. The minimum absolute atomic E-state index is 0.257. The molecule has 0 aromatic heterocycles. The van der Waals surface area contributed by atoms with Crippen molar-refractivity contribution in [2.24, 2.45) is 0 Å². The van der Waals surface area contributed by atoms with E-state index < -0.39 is 0 Å². The molecule has 0 aliphatic carbocycles. The maximum absolute atomic E-state index is 6.43. The van der Waals surface area contributed by atoms with Crippen molar-refractivity contribution in [3.8, 4) is 0 Å². The smallest absolute Gasteiger partial charge is 0.241 e. The average Bonchev–Trinajstić information content (AvgIpc) is 2.52. The lowest BCUT2D eigenvalue weighted by Gasteiger charge is -2.45. The number of likely N-dealkylation sites (N-methyl/N-ethyl adjacent to an activating group) is 2. The van der Waals surface area contributed by atoms with Crippen LogP contribution in [0.4, 0.5) is 0 Å². The van der Waals surface area contributed by atoms with Gasteiger partial charge >= 0.3 is 0 Å². The van der Waals surface area contributed by atoms with Gasteiger partial charge in [-0.15, -0.1) is 0 Å². The van der Waals surface area contributed by atoms with Gasteiger partial charge in [-0.1, -0.05) is 84.0 Å². The summed E-state index contributed by atoms with van der Waals surface area (Å²) in [6.45, 7) is 6.81. The van der Waals surface area contributed by atoms with Gasteiger partial charge < -0.3 is 4.74 Å². The Bertz CT molecular complexity index is 343. The Morgan fingerprint density at radius 2 is 0.929 bits per heavy atom. The summed E-state index contributed by atoms with van der Waals surface area (Å²) >= 11 is 0. The molecule has 0 saturated heterocycles. The van der Waals surface area contributed by atoms with Crippen molar-refractivity contribution in [3.63, 3.8) is 0 Å². The van der Waals surface area contributed by atoms with Crippen LogP contribution in [-0.4, -0.2) is 69.6 Å². The predicted molar refractivity (Wildman–Crippen MR) is 126 cm³/mol. The molecule has 2 atom stereocenters. The van der Waals surface area contributed by atoms with Gasteiger partial charge in [0.2, 0.25) is 6.17 Å². The minimum atomic E-state index is 0.257. The molecule has 0 fully saturated rings. The molecule has 0 amide bonds. The third-order valence-corrected chi connectivity index (χ3v) is 5.92. The van der Waals surface area contributed by atoms with Gasteiger partial charge in [0.1, 0.15) is 0 Å². The molecule has 2 unspecified atom stereocenters. The molecule has 0 aromatic rings. The Morgan fingerprint density at radius 1 is 0.571 bits per heavy atom. The quantitative estimate of drug-likeness (QED) is 0.143. The summed E-state index contributed by atoms with van der Waals surface area (Å²) in [6, 6.07) is 0. The maximum atomic E-state index is 6.43. The standard InChI is InChI=1S/C25H56N2O/c1-10-11-12-13-14-15-16-17-18-19-20-21-22-23(2)28-24(3)25(26(4,5)6)27(7,8)9/h23-25H,10-22H2,1-9H3/q+2. The third kappa shape index (κ3) is 14.0. The van der Waals surface area contributed by atoms with Crippen molar-refractivity contribution in [1.82, 2.24) is 0 Å². The topological polar surface area (TPSA) is 9.23 Å². The van der Waals surface area contributed by atoms with Crippen LogP contribution >= 0.6 is 0 Å². The molecule has 170 valence electrons. The summed E-state index contributed by atoms with van der Waals surface area (Å²) in [5.41, 5.74) is 0. The lowest BCUT2D eigenvalue weighted by atomic mass is 10.0. The van der Waals surface area contributed by atoms with Gasteiger partial charge in [-0.05, 0) is 20.3 Å². The molecule has 3 heteroatoms. The Kier molecular flexibility index (Phi) is 14.7. The first kappa shape index (κ1) is 27.9. The fourth-order valence-electron chi connectivity index (χ4n) is 5.08. The van der Waals surface area contributed by atoms with Gasteiger partial charge in [0.05, 0.1) is 48.4 Å². The third-order valence-electron chi connectivity index (χ3n) is 5.92. The van der Waals surface area contributed by atoms with E-state index in [4.69, 9.17) is 4.74 Å². The number of hydrogen-bond donors (Lipinski definition) is 0. The van der Waals surface area contributed by atoms with Crippen LogP contribution in [-0.2, 0) is 4.74 Å². The lowest BCUT2D eigenvalue weighted by molar-refractivity contribution is -1.09. The van der Waals surface area contributed by atoms with E-state index in [0.717, 1.165) is 8.97 Å². The molecule has 28 heavy (non-hydrogen) atoms. The Balaban J connectivity index is 3.80. The van der Waals surface area contributed by atoms with Crippen LogP contribution in [0.15, 0.2) is 0 Å². The van der Waals surface area contributed by atoms with Crippen molar-refractivity contribution in [2.45, 2.75) is 123 Å². The normalized spacial score (nSPS) is 15.2. The summed E-state index contributed by atoms with van der Waals surface area (Å²) in [4.78, 5) is 0. The van der Waals surface area contributed by atoms with Crippen molar-refractivity contribution in [1.29, 1.82) is 0 Å². The monoisotopic (exact) mass is 400 g/mol. The first-order valence-corrected chi connectivity index (χ1v) is 12.3. The second-order valence-corrected chi connectivity index (χ2v) is 11.0. The minimum Gasteiger partial charge on any atom is -0.363 e. The van der Waals surface area contributed by atoms with Gasteiger partial charge in [0.15, 0.2) is 6.10 Å². The summed E-state index contributed by atoms with van der Waals surface area (Å²) in [5.74, 6) is 0. The lowest BCUT2D eigenvalue weighted by Crippen LogP contribution is -2.66. The summed E-state index contributed by atoms with van der Waals surface area (Å²) < 4.78 is 8.29. The van der Waals surface area contributed by atoms with Crippen LogP contribution in [0.2, 0.25) is 0 Å². The maximum Gasteiger partial charge on any atom is 0.241 e. The largest absolute Gasteiger partial charge is 0.363 e. The van der Waals surface area contributed by atoms with E-state index in [1.807, 2.05) is 0 Å². The number of rotatable bonds is 18. The van der Waals surface area contributed by atoms with Crippen molar-refractivity contribution >= 4 is 0 Å². The van der Waals surface area contributed by atoms with Crippen LogP contribution < -0.4 is 0 Å². The second kappa shape index (κ2) is 14.8. The first-order valence-electron chi connectivity index (χ1n) is 12.3. The molecule has 0 spiro atoms. The molecule has 0 aliphatic heterocycles. The highest BCUT2D eigenvalue weighted by Crippen LogP contribution is 2.21. The molecule has 0 aromatic carbocycles. The van der Waals surface area contributed by atoms with E-state index >= 15 is 0 Å². The molecule has 0 aliphatic rings. The molecular weight excluding hydrogens is 344 g/mol. The molecule has 0 bridgehead atoms. The van der Waals surface area contributed by atoms with Gasteiger partial charge in [-0.3, -0.25) is 8.97 Å². The van der Waals surface area contributed by atoms with E-state index in [0.29, 0.717) is 12.3 Å². The predicted octanol–water partition coefficient (Wildman–Crippen LogP) is 6.61. The number of quaternary nitrogens is 2. The molecule has 0 N–H and O–H groups in total. The average molecular weight is 401 g/mol. The van der Waals surface area contributed by atoms with E-state index in [-0.39, 0.29) is 6.10 Å². The van der Waals surface area contributed by atoms with Crippen LogP contribution in [0.1, 0.15) is 104 Å². The van der Waals surface area contributed by atoms with Crippen LogP contribution in [0.3, 0.4) is 0 Å². The van der Waals surface area contributed by atoms with E-state index in [1.54, 1.807) is 0 Å². The van der Waals surface area contributed by atoms with Crippen molar-refractivity contribution in [2.75, 3.05) is 42.3 Å². The van der Waals surface area contributed by atoms with Gasteiger partial charge in [0, 0.05) is 0 Å². The van der Waals surface area contributed by atoms with Crippen molar-refractivity contribution < 1.29 is 13.7 Å². The fraction of sp³-hybridized carbons (Fsp3) is 1.00. The summed E-state index contributed by atoms with van der Waals surface area (Å²) in [5, 5.41) is 0. The highest BCUT2D eigenvalue weighted by atomic mass is 16.5. The molecule has 0 saturated carbocycles. The van der Waals surface area contributed by atoms with E-state index in [1.165, 1.54) is 83.5 Å². The Morgan fingerprint density at radius 3 is 1.29 bits per heavy atom. The molecule has 0 rings (SSSR count). The van der Waals surface area contributed by atoms with Crippen molar-refractivity contribution in [3.05, 3.63) is 0 Å². The van der Waals surface area contributed by atoms with Gasteiger partial charge in [0.25, 0.3) is 0 Å². The molecule has 0 heterocycles. The summed E-state index contributed by atoms with van der Waals surface area (Å²) in [6.07, 6.45) is 19.2. The molecule has 0 radical (unpaired) electrons. The zero-order chi connectivity index (χ0) is 21.6. The van der Waals surface area contributed by atoms with E-state index in [2.05, 4.69) is 63.1 Å². The zero-order valence-corrected chi connectivity index (χ0v) is 21.2.